The molecule has 2 saturated carbocycles. The highest BCUT2D eigenvalue weighted by molar-refractivity contribution is 7.90. The summed E-state index contributed by atoms with van der Waals surface area (Å²) < 4.78 is 52.6. The van der Waals surface area contributed by atoms with Crippen molar-refractivity contribution in [3.63, 3.8) is 0 Å². The van der Waals surface area contributed by atoms with Crippen molar-refractivity contribution in [1.82, 2.24) is 14.6 Å². The van der Waals surface area contributed by atoms with Crippen LogP contribution in [0.1, 0.15) is 69.8 Å². The minimum absolute atomic E-state index is 0.0860. The van der Waals surface area contributed by atoms with Gasteiger partial charge in [-0.2, -0.15) is 0 Å². The first-order valence-corrected chi connectivity index (χ1v) is 19.6. The lowest BCUT2D eigenvalue weighted by molar-refractivity contribution is -0.137. The fourth-order valence-corrected chi connectivity index (χ4v) is 8.35. The van der Waals surface area contributed by atoms with Gasteiger partial charge in [0.2, 0.25) is 27.7 Å². The summed E-state index contributed by atoms with van der Waals surface area (Å²) in [6, 6.07) is 12.8. The van der Waals surface area contributed by atoms with Crippen molar-refractivity contribution in [1.29, 1.82) is 0 Å². The number of allylic oxidation sites excluding steroid dienone is 2. The predicted molar refractivity (Wildman–Crippen MR) is 194 cm³/mol. The van der Waals surface area contributed by atoms with Crippen molar-refractivity contribution in [3.05, 3.63) is 72.1 Å². The SMILES string of the molecule is Cc1ccc2oc3c(O[C@@H]4C[C@@H](C(N)=O)N(C(=O)CCCCCC/C=C\[C@@H]5C[C@@H]5C(=O)NS(=O)(=O)C5CC5)C4)cc(-c4ccc(F)cc4)nc3c2c1. The van der Waals surface area contributed by atoms with Crippen molar-refractivity contribution < 1.29 is 36.3 Å². The van der Waals surface area contributed by atoms with E-state index in [0.717, 1.165) is 36.6 Å². The van der Waals surface area contributed by atoms with Gasteiger partial charge in [0, 0.05) is 35.8 Å². The van der Waals surface area contributed by atoms with E-state index in [4.69, 9.17) is 19.9 Å². The number of carbonyl (C=O) groups is 3. The van der Waals surface area contributed by atoms with E-state index in [9.17, 15) is 27.2 Å². The first kappa shape index (κ1) is 35.6. The number of fused-ring (bicyclic) bond motifs is 3. The van der Waals surface area contributed by atoms with Crippen LogP contribution < -0.4 is 15.2 Å². The Morgan fingerprint density at radius 1 is 1.06 bits per heavy atom. The third-order valence-electron chi connectivity index (χ3n) is 10.2. The van der Waals surface area contributed by atoms with Crippen LogP contribution in [0.15, 0.2) is 65.1 Å². The van der Waals surface area contributed by atoms with Gasteiger partial charge >= 0.3 is 0 Å². The molecule has 1 aliphatic heterocycles. The van der Waals surface area contributed by atoms with Crippen LogP contribution in [0.4, 0.5) is 4.39 Å². The summed E-state index contributed by atoms with van der Waals surface area (Å²) in [6.45, 7) is 2.18. The number of pyridine rings is 1. The van der Waals surface area contributed by atoms with Gasteiger partial charge in [0.15, 0.2) is 11.3 Å². The summed E-state index contributed by atoms with van der Waals surface area (Å²) in [7, 11) is -3.51. The summed E-state index contributed by atoms with van der Waals surface area (Å²) in [6.07, 6.45) is 10.2. The van der Waals surface area contributed by atoms with E-state index in [2.05, 4.69) is 4.72 Å². The molecule has 13 heteroatoms. The molecule has 3 heterocycles. The van der Waals surface area contributed by atoms with Crippen molar-refractivity contribution in [2.45, 2.75) is 88.5 Å². The number of rotatable bonds is 15. The van der Waals surface area contributed by atoms with Crippen LogP contribution in [0, 0.1) is 24.6 Å². The van der Waals surface area contributed by atoms with Gasteiger partial charge in [-0.05, 0) is 87.8 Å². The Morgan fingerprint density at radius 3 is 2.58 bits per heavy atom. The number of primary amides is 1. The number of benzene rings is 2. The highest BCUT2D eigenvalue weighted by atomic mass is 32.2. The number of aryl methyl sites for hydroxylation is 1. The van der Waals surface area contributed by atoms with Gasteiger partial charge in [0.05, 0.1) is 17.5 Å². The Balaban J connectivity index is 0.918. The number of nitrogens with two attached hydrogens (primary N) is 1. The number of aromatic nitrogens is 1. The van der Waals surface area contributed by atoms with Crippen LogP contribution in [-0.2, 0) is 24.4 Å². The molecule has 0 radical (unpaired) electrons. The number of hydrogen-bond acceptors (Lipinski definition) is 8. The lowest BCUT2D eigenvalue weighted by atomic mass is 10.1. The molecular formula is C39H43FN4O7S. The number of nitrogens with one attached hydrogen (secondary N) is 1. The maximum atomic E-state index is 13.7. The van der Waals surface area contributed by atoms with Crippen LogP contribution in [0.2, 0.25) is 0 Å². The van der Waals surface area contributed by atoms with Crippen molar-refractivity contribution in [2.75, 3.05) is 6.54 Å². The summed E-state index contributed by atoms with van der Waals surface area (Å²) in [5.74, 6) is -1.26. The fraction of sp³-hybridized carbons (Fsp3) is 0.436. The van der Waals surface area contributed by atoms with E-state index >= 15 is 0 Å². The Labute approximate surface area is 301 Å². The largest absolute Gasteiger partial charge is 0.484 e. The molecule has 11 nitrogen and oxygen atoms in total. The van der Waals surface area contributed by atoms with Crippen LogP contribution in [0.3, 0.4) is 0 Å². The number of carbonyl (C=O) groups excluding carboxylic acids is 3. The second-order valence-electron chi connectivity index (χ2n) is 14.3. The summed E-state index contributed by atoms with van der Waals surface area (Å²) in [4.78, 5) is 44.4. The highest BCUT2D eigenvalue weighted by Crippen LogP contribution is 2.41. The zero-order valence-electron chi connectivity index (χ0n) is 29.1. The van der Waals surface area contributed by atoms with Crippen LogP contribution in [0.5, 0.6) is 5.75 Å². The predicted octanol–water partition coefficient (Wildman–Crippen LogP) is 6.07. The van der Waals surface area contributed by atoms with E-state index < -0.39 is 39.2 Å². The average Bonchev–Trinajstić information content (AvgIpc) is 4.03. The van der Waals surface area contributed by atoms with Crippen LogP contribution in [-0.4, -0.2) is 60.0 Å². The molecule has 3 fully saturated rings. The fourth-order valence-electron chi connectivity index (χ4n) is 7.00. The van der Waals surface area contributed by atoms with E-state index in [-0.39, 0.29) is 42.9 Å². The molecule has 1 saturated heterocycles. The Morgan fingerprint density at radius 2 is 1.83 bits per heavy atom. The molecule has 274 valence electrons. The summed E-state index contributed by atoms with van der Waals surface area (Å²) >= 11 is 0. The summed E-state index contributed by atoms with van der Waals surface area (Å²) in [5.41, 5.74) is 9.76. The van der Waals surface area contributed by atoms with Gasteiger partial charge in [-0.3, -0.25) is 19.1 Å². The molecule has 3 N–H and O–H groups in total. The standard InChI is InChI=1S/C39H43FN4O7S/c1-23-10-17-33-30(18-23)36-37(51-33)34(21-31(42-36)24-11-13-26(40)14-12-24)50-27-20-32(38(41)46)44(22-27)35(45)9-7-5-3-2-4-6-8-25-19-29(25)39(47)43-52(48,49)28-15-16-28/h6,8,10-14,17-18,21,25,27-29,32H,2-5,7,9,15-16,19-20,22H2,1H3,(H2,41,46)(H,43,47)/b8-6-/t25-,27-,29+,32+/m1/s1. The molecular weight excluding hydrogens is 688 g/mol. The summed E-state index contributed by atoms with van der Waals surface area (Å²) in [5, 5.41) is 0.408. The monoisotopic (exact) mass is 730 g/mol. The molecule has 3 amide bonds. The van der Waals surface area contributed by atoms with Gasteiger partial charge in [0.25, 0.3) is 0 Å². The Kier molecular flexibility index (Phi) is 10.1. The molecule has 2 aromatic carbocycles. The number of furan rings is 1. The van der Waals surface area contributed by atoms with Gasteiger partial charge in [0.1, 0.15) is 29.1 Å². The van der Waals surface area contributed by atoms with Crippen molar-refractivity contribution in [2.24, 2.45) is 17.6 Å². The normalized spacial score (nSPS) is 21.6. The Bertz CT molecular complexity index is 2140. The smallest absolute Gasteiger partial charge is 0.240 e. The van der Waals surface area contributed by atoms with Gasteiger partial charge in [-0.25, -0.2) is 17.8 Å². The first-order chi connectivity index (χ1) is 25.0. The quantitative estimate of drug-likeness (QED) is 0.110. The maximum absolute atomic E-state index is 13.7. The maximum Gasteiger partial charge on any atom is 0.240 e. The molecule has 2 aliphatic carbocycles. The van der Waals surface area contributed by atoms with E-state index in [1.165, 1.54) is 17.0 Å². The Hall–Kier alpha value is -4.78. The third-order valence-corrected chi connectivity index (χ3v) is 12.0. The minimum atomic E-state index is -3.51. The topological polar surface area (TPSA) is 162 Å². The van der Waals surface area contributed by atoms with Crippen LogP contribution in [0.25, 0.3) is 33.3 Å². The van der Waals surface area contributed by atoms with Gasteiger partial charge in [-0.15, -0.1) is 0 Å². The molecule has 4 aromatic rings. The van der Waals surface area contributed by atoms with Crippen molar-refractivity contribution >= 4 is 49.8 Å². The number of unbranched alkanes of at least 4 members (excludes halogenated alkanes) is 4. The zero-order chi connectivity index (χ0) is 36.6. The third kappa shape index (κ3) is 7.99. The average molecular weight is 731 g/mol. The number of hydrogen-bond donors (Lipinski definition) is 2. The van der Waals surface area contributed by atoms with Crippen LogP contribution >= 0.6 is 0 Å². The lowest BCUT2D eigenvalue weighted by Crippen LogP contribution is -2.43. The van der Waals surface area contributed by atoms with E-state index in [0.29, 0.717) is 59.4 Å². The van der Waals surface area contributed by atoms with Gasteiger partial charge < -0.3 is 19.8 Å². The second kappa shape index (κ2) is 14.7. The number of amides is 3. The molecule has 7 rings (SSSR count). The number of halogens is 1. The molecule has 3 aliphatic rings. The first-order valence-electron chi connectivity index (χ1n) is 18.0. The molecule has 52 heavy (non-hydrogen) atoms. The number of ether oxygens (including phenoxy) is 1. The molecule has 0 unspecified atom stereocenters. The minimum Gasteiger partial charge on any atom is -0.484 e. The number of nitrogens with zero attached hydrogens (tertiary/aromatic N) is 2. The second-order valence-corrected chi connectivity index (χ2v) is 16.3. The number of sulfonamides is 1. The van der Waals surface area contributed by atoms with Gasteiger partial charge in [-0.1, -0.05) is 36.6 Å². The molecule has 0 spiro atoms. The van der Waals surface area contributed by atoms with E-state index in [1.807, 2.05) is 37.3 Å². The highest BCUT2D eigenvalue weighted by Gasteiger charge is 2.45. The number of likely N-dealkylation sites (tertiary alicyclic amines) is 1. The molecule has 2 aromatic heterocycles. The zero-order valence-corrected chi connectivity index (χ0v) is 29.9. The van der Waals surface area contributed by atoms with Crippen molar-refractivity contribution in [3.8, 4) is 17.0 Å². The molecule has 0 bridgehead atoms. The lowest BCUT2D eigenvalue weighted by Gasteiger charge is -2.22. The van der Waals surface area contributed by atoms with E-state index in [1.54, 1.807) is 18.2 Å². The molecule has 4 atom stereocenters.